The van der Waals surface area contributed by atoms with Crippen molar-refractivity contribution in [3.63, 3.8) is 0 Å². The maximum absolute atomic E-state index is 13.2. The molecule has 1 amide bonds. The smallest absolute Gasteiger partial charge is 0.333 e. The maximum atomic E-state index is 13.2. The number of hydrogen-bond acceptors (Lipinski definition) is 7. The van der Waals surface area contributed by atoms with Crippen molar-refractivity contribution in [2.24, 2.45) is 0 Å². The van der Waals surface area contributed by atoms with E-state index in [1.165, 1.54) is 0 Å². The average Bonchev–Trinajstić information content (AvgIpc) is 3.28. The predicted molar refractivity (Wildman–Crippen MR) is 139 cm³/mol. The number of likely N-dealkylation sites (N-methyl/N-ethyl adjacent to an activating group) is 1. The van der Waals surface area contributed by atoms with Gasteiger partial charge >= 0.3 is 5.97 Å². The number of piperidine rings is 1. The molecule has 0 radical (unpaired) electrons. The number of nitrogens with one attached hydrogen (secondary N) is 1. The molecule has 0 saturated carbocycles. The number of ether oxygens (including phenoxy) is 2. The fraction of sp³-hybridized carbons (Fsp3) is 0.433. The lowest BCUT2D eigenvalue weighted by molar-refractivity contribution is -0.170. The highest BCUT2D eigenvalue weighted by Gasteiger charge is 2.71. The highest BCUT2D eigenvalue weighted by atomic mass is 16.6. The fourth-order valence-corrected chi connectivity index (χ4v) is 7.06. The molecule has 2 heterocycles. The zero-order chi connectivity index (χ0) is 26.8. The lowest BCUT2D eigenvalue weighted by atomic mass is 9.50. The molecule has 4 aliphatic rings. The van der Waals surface area contributed by atoms with Crippen LogP contribution in [0.4, 0.5) is 0 Å². The zero-order valence-corrected chi connectivity index (χ0v) is 21.8. The second kappa shape index (κ2) is 8.78. The van der Waals surface area contributed by atoms with Crippen molar-refractivity contribution in [1.82, 2.24) is 10.2 Å². The van der Waals surface area contributed by atoms with Crippen LogP contribution >= 0.6 is 0 Å². The van der Waals surface area contributed by atoms with Gasteiger partial charge in [-0.2, -0.15) is 0 Å². The highest BCUT2D eigenvalue weighted by molar-refractivity contribution is 5.88. The van der Waals surface area contributed by atoms with Crippen molar-refractivity contribution in [2.45, 2.75) is 68.2 Å². The molecular formula is C30H32N2O6. The molecule has 6 rings (SSSR count). The molecule has 2 aliphatic carbocycles. The van der Waals surface area contributed by atoms with E-state index in [0.717, 1.165) is 29.5 Å². The number of esters is 1. The quantitative estimate of drug-likeness (QED) is 0.449. The van der Waals surface area contributed by atoms with E-state index in [1.54, 1.807) is 26.0 Å². The normalized spacial score (nSPS) is 30.3. The summed E-state index contributed by atoms with van der Waals surface area (Å²) in [5, 5.41) is 15.0. The monoisotopic (exact) mass is 516 g/mol. The molecule has 2 aromatic rings. The summed E-state index contributed by atoms with van der Waals surface area (Å²) in [6.45, 7) is 4.12. The molecule has 2 N–H and O–H groups in total. The van der Waals surface area contributed by atoms with E-state index in [2.05, 4.69) is 10.2 Å². The summed E-state index contributed by atoms with van der Waals surface area (Å²) < 4.78 is 12.3. The van der Waals surface area contributed by atoms with Gasteiger partial charge in [0.05, 0.1) is 22.5 Å². The lowest BCUT2D eigenvalue weighted by Crippen LogP contribution is -2.74. The molecule has 2 aliphatic heterocycles. The van der Waals surface area contributed by atoms with Crippen LogP contribution in [-0.2, 0) is 26.2 Å². The van der Waals surface area contributed by atoms with Crippen LogP contribution in [0.15, 0.2) is 54.3 Å². The number of aliphatic hydroxyl groups is 1. The van der Waals surface area contributed by atoms with Crippen LogP contribution in [0.2, 0.25) is 0 Å². The van der Waals surface area contributed by atoms with Gasteiger partial charge in [0.15, 0.2) is 12.4 Å². The van der Waals surface area contributed by atoms with Crippen LogP contribution in [0, 0.1) is 0 Å². The molecule has 1 fully saturated rings. The first-order chi connectivity index (χ1) is 18.2. The molecule has 1 saturated heterocycles. The van der Waals surface area contributed by atoms with E-state index in [-0.39, 0.29) is 11.9 Å². The summed E-state index contributed by atoms with van der Waals surface area (Å²) in [7, 11) is 2.02. The summed E-state index contributed by atoms with van der Waals surface area (Å²) in [4.78, 5) is 40.1. The van der Waals surface area contributed by atoms with E-state index in [0.29, 0.717) is 36.3 Å². The van der Waals surface area contributed by atoms with Gasteiger partial charge in [-0.05, 0) is 63.6 Å². The first-order valence-electron chi connectivity index (χ1n) is 13.2. The first-order valence-corrected chi connectivity index (χ1v) is 13.2. The fourth-order valence-electron chi connectivity index (χ4n) is 7.06. The SMILES string of the molecule is C[C@H](NC(=O)[C@@H](C)c1ccccc1)C(=O)OC1=CC[C@@]2(O)[C@H]3Cc4ccc(C=O)c5c4[C@@]2(CCN3C)[C@H]1O5. The number of rotatable bonds is 6. The van der Waals surface area contributed by atoms with Crippen LogP contribution in [0.25, 0.3) is 0 Å². The summed E-state index contributed by atoms with van der Waals surface area (Å²) >= 11 is 0. The van der Waals surface area contributed by atoms with Crippen molar-refractivity contribution < 1.29 is 29.0 Å². The Kier molecular flexibility index (Phi) is 5.74. The molecule has 8 heteroatoms. The number of hydrogen-bond donors (Lipinski definition) is 2. The Morgan fingerprint density at radius 3 is 2.71 bits per heavy atom. The van der Waals surface area contributed by atoms with Crippen LogP contribution in [0.3, 0.4) is 0 Å². The topological polar surface area (TPSA) is 105 Å². The summed E-state index contributed by atoms with van der Waals surface area (Å²) in [6.07, 6.45) is 3.30. The molecule has 38 heavy (non-hydrogen) atoms. The molecule has 0 unspecified atom stereocenters. The third kappa shape index (κ3) is 3.33. The number of aldehydes is 1. The average molecular weight is 517 g/mol. The van der Waals surface area contributed by atoms with Crippen molar-refractivity contribution in [2.75, 3.05) is 13.6 Å². The van der Waals surface area contributed by atoms with Crippen molar-refractivity contribution in [3.05, 3.63) is 76.6 Å². The van der Waals surface area contributed by atoms with E-state index < -0.39 is 35.0 Å². The minimum absolute atomic E-state index is 0.130. The minimum atomic E-state index is -1.13. The number of nitrogens with zero attached hydrogens (tertiary/aromatic N) is 1. The van der Waals surface area contributed by atoms with Crippen molar-refractivity contribution in [3.8, 4) is 5.75 Å². The third-order valence-corrected chi connectivity index (χ3v) is 9.16. The number of carbonyl (C=O) groups is 3. The molecule has 1 spiro atoms. The van der Waals surface area contributed by atoms with Gasteiger partial charge in [0.1, 0.15) is 17.6 Å². The Balaban J connectivity index is 1.28. The van der Waals surface area contributed by atoms with Gasteiger partial charge in [0.2, 0.25) is 5.91 Å². The van der Waals surface area contributed by atoms with Gasteiger partial charge in [0, 0.05) is 18.0 Å². The second-order valence-electron chi connectivity index (χ2n) is 11.1. The summed E-state index contributed by atoms with van der Waals surface area (Å²) in [5.74, 6) is -0.517. The van der Waals surface area contributed by atoms with Gasteiger partial charge in [-0.15, -0.1) is 0 Å². The van der Waals surface area contributed by atoms with E-state index in [4.69, 9.17) is 9.47 Å². The van der Waals surface area contributed by atoms with Gasteiger partial charge in [-0.25, -0.2) is 4.79 Å². The Morgan fingerprint density at radius 1 is 1.21 bits per heavy atom. The Bertz CT molecular complexity index is 1360. The molecule has 6 atom stereocenters. The molecule has 2 aromatic carbocycles. The third-order valence-electron chi connectivity index (χ3n) is 9.16. The van der Waals surface area contributed by atoms with Crippen LogP contribution in [0.1, 0.15) is 59.7 Å². The maximum Gasteiger partial charge on any atom is 0.333 e. The largest absolute Gasteiger partial charge is 0.480 e. The zero-order valence-electron chi connectivity index (χ0n) is 21.8. The molecule has 198 valence electrons. The van der Waals surface area contributed by atoms with E-state index in [9.17, 15) is 19.5 Å². The number of carbonyl (C=O) groups excluding carboxylic acids is 3. The van der Waals surface area contributed by atoms with E-state index >= 15 is 0 Å². The van der Waals surface area contributed by atoms with Crippen molar-refractivity contribution >= 4 is 18.2 Å². The number of benzene rings is 2. The molecule has 2 bridgehead atoms. The van der Waals surface area contributed by atoms with Crippen LogP contribution < -0.4 is 10.1 Å². The van der Waals surface area contributed by atoms with Gasteiger partial charge in [-0.1, -0.05) is 36.4 Å². The van der Waals surface area contributed by atoms with Crippen molar-refractivity contribution in [1.29, 1.82) is 0 Å². The van der Waals surface area contributed by atoms with E-state index in [1.807, 2.05) is 43.4 Å². The molecular weight excluding hydrogens is 484 g/mol. The van der Waals surface area contributed by atoms with Gasteiger partial charge in [-0.3, -0.25) is 9.59 Å². The first kappa shape index (κ1) is 24.8. The number of likely N-dealkylation sites (tertiary alicyclic amines) is 1. The summed E-state index contributed by atoms with van der Waals surface area (Å²) in [6, 6.07) is 12.1. The second-order valence-corrected chi connectivity index (χ2v) is 11.1. The van der Waals surface area contributed by atoms with Gasteiger partial charge in [0.25, 0.3) is 0 Å². The minimum Gasteiger partial charge on any atom is -0.480 e. The highest BCUT2D eigenvalue weighted by Crippen LogP contribution is 2.64. The lowest BCUT2D eigenvalue weighted by Gasteiger charge is -2.61. The Labute approximate surface area is 221 Å². The summed E-state index contributed by atoms with van der Waals surface area (Å²) in [5.41, 5.74) is 1.24. The van der Waals surface area contributed by atoms with Crippen LogP contribution in [0.5, 0.6) is 5.75 Å². The Hall–Kier alpha value is -3.49. The van der Waals surface area contributed by atoms with Crippen LogP contribution in [-0.4, -0.2) is 65.6 Å². The number of amides is 1. The molecule has 0 aromatic heterocycles. The predicted octanol–water partition coefficient (Wildman–Crippen LogP) is 2.63. The Morgan fingerprint density at radius 2 is 1.97 bits per heavy atom. The molecule has 8 nitrogen and oxygen atoms in total. The van der Waals surface area contributed by atoms with Gasteiger partial charge < -0.3 is 24.8 Å². The standard InChI is InChI=1S/C30H32N2O6/c1-17(19-7-5-4-6-8-19)27(34)31-18(2)28(35)37-22-11-12-30(36)23-15-20-9-10-21(16-33)25-24(20)29(30,26(22)38-25)13-14-32(23)3/h4-11,16-18,23,26,36H,12-15H2,1-3H3,(H,31,34)/t17-,18-,23+,26-,29-,30+/m0/s1.